The minimum absolute atomic E-state index is 0.00325. The fourth-order valence-corrected chi connectivity index (χ4v) is 6.80. The Balaban J connectivity index is 3.61. The Bertz CT molecular complexity index is 866. The summed E-state index contributed by atoms with van der Waals surface area (Å²) in [5, 5.41) is 33.1. The van der Waals surface area contributed by atoms with Gasteiger partial charge in [-0.2, -0.15) is 0 Å². The van der Waals surface area contributed by atoms with Crippen molar-refractivity contribution in [3.8, 4) is 0 Å². The number of aliphatic hydroxyl groups is 3. The summed E-state index contributed by atoms with van der Waals surface area (Å²) in [6, 6.07) is -0.761. The van der Waals surface area contributed by atoms with E-state index in [4.69, 9.17) is 0 Å². The van der Waals surface area contributed by atoms with Crippen LogP contribution in [0, 0.1) is 0 Å². The van der Waals surface area contributed by atoms with E-state index in [1.807, 2.05) is 6.08 Å². The zero-order valence-electron chi connectivity index (χ0n) is 35.1. The first-order valence-electron chi connectivity index (χ1n) is 22.9. The number of carbonyl (C=O) groups is 1. The number of rotatable bonds is 41. The average molecular weight is 744 g/mol. The lowest BCUT2D eigenvalue weighted by Gasteiger charge is -2.21. The molecule has 0 radical (unpaired) electrons. The molecule has 0 aromatic rings. The quantitative estimate of drug-likeness (QED) is 0.0371. The van der Waals surface area contributed by atoms with Crippen molar-refractivity contribution in [3.05, 3.63) is 48.6 Å². The van der Waals surface area contributed by atoms with Crippen molar-refractivity contribution in [1.82, 2.24) is 5.32 Å². The molecule has 0 spiro atoms. The van der Waals surface area contributed by atoms with Gasteiger partial charge in [0.25, 0.3) is 0 Å². The van der Waals surface area contributed by atoms with Gasteiger partial charge in [0, 0.05) is 0 Å². The van der Waals surface area contributed by atoms with E-state index in [0.29, 0.717) is 6.42 Å². The van der Waals surface area contributed by atoms with Gasteiger partial charge in [-0.05, 0) is 64.2 Å². The van der Waals surface area contributed by atoms with E-state index in [1.54, 1.807) is 6.08 Å². The van der Waals surface area contributed by atoms with Crippen LogP contribution in [0.3, 0.4) is 0 Å². The van der Waals surface area contributed by atoms with E-state index in [2.05, 4.69) is 55.6 Å². The van der Waals surface area contributed by atoms with Crippen LogP contribution in [0.5, 0.6) is 0 Å². The third kappa shape index (κ3) is 39.8. The van der Waals surface area contributed by atoms with Gasteiger partial charge in [-0.25, -0.2) is 0 Å². The Labute approximate surface area is 329 Å². The van der Waals surface area contributed by atoms with Gasteiger partial charge in [0.05, 0.1) is 31.3 Å². The SMILES string of the molecule is CCCCCCC/C=C/CC/C=C/C(O)C(CO)NC(=O)CC(O)CCCCCCCCCCCCC/C=C\C/C=C\CCCCCCCCCCC. The lowest BCUT2D eigenvalue weighted by atomic mass is 10.0. The van der Waals surface area contributed by atoms with Crippen LogP contribution in [-0.4, -0.2) is 46.1 Å². The maximum Gasteiger partial charge on any atom is 0.222 e. The van der Waals surface area contributed by atoms with Crippen molar-refractivity contribution in [3.63, 3.8) is 0 Å². The topological polar surface area (TPSA) is 89.8 Å². The van der Waals surface area contributed by atoms with Gasteiger partial charge in [-0.3, -0.25) is 4.79 Å². The second kappa shape index (κ2) is 43.0. The van der Waals surface area contributed by atoms with E-state index >= 15 is 0 Å². The standard InChI is InChI=1S/C48H89NO4/c1-3-5-7-9-11-13-15-16-17-18-19-20-21-22-23-24-25-26-27-28-29-30-32-33-35-37-39-41-45(51)43-48(53)49-46(44-50)47(52)42-40-38-36-34-31-14-12-10-8-6-4-2/h19-20,22-23,31,34,40,42,45-47,50-52H,3-18,21,24-30,32-33,35-39,41,43-44H2,1-2H3,(H,49,53)/b20-19-,23-22-,34-31+,42-40+. The zero-order chi connectivity index (χ0) is 38.7. The van der Waals surface area contributed by atoms with Crippen LogP contribution in [0.1, 0.15) is 226 Å². The molecule has 0 saturated carbocycles. The van der Waals surface area contributed by atoms with Gasteiger partial charge in [-0.1, -0.05) is 204 Å². The minimum Gasteiger partial charge on any atom is -0.394 e. The van der Waals surface area contributed by atoms with E-state index in [9.17, 15) is 20.1 Å². The van der Waals surface area contributed by atoms with Gasteiger partial charge >= 0.3 is 0 Å². The van der Waals surface area contributed by atoms with Crippen LogP contribution in [-0.2, 0) is 4.79 Å². The van der Waals surface area contributed by atoms with E-state index in [-0.39, 0.29) is 18.9 Å². The largest absolute Gasteiger partial charge is 0.394 e. The molecule has 0 fully saturated rings. The van der Waals surface area contributed by atoms with Crippen LogP contribution >= 0.6 is 0 Å². The van der Waals surface area contributed by atoms with Gasteiger partial charge < -0.3 is 20.6 Å². The molecule has 0 aliphatic rings. The summed E-state index contributed by atoms with van der Waals surface area (Å²) >= 11 is 0. The number of hydrogen-bond donors (Lipinski definition) is 4. The van der Waals surface area contributed by atoms with Gasteiger partial charge in [0.2, 0.25) is 5.91 Å². The fraction of sp³-hybridized carbons (Fsp3) is 0.812. The number of unbranched alkanes of at least 4 members (excludes halogenated alkanes) is 26. The molecule has 0 aliphatic heterocycles. The number of nitrogens with one attached hydrogen (secondary N) is 1. The molecule has 0 aliphatic carbocycles. The highest BCUT2D eigenvalue weighted by molar-refractivity contribution is 5.76. The van der Waals surface area contributed by atoms with Crippen LogP contribution in [0.4, 0.5) is 0 Å². The van der Waals surface area contributed by atoms with Gasteiger partial charge in [0.15, 0.2) is 0 Å². The Hall–Kier alpha value is -1.69. The molecule has 0 saturated heterocycles. The number of carbonyl (C=O) groups excluding carboxylic acids is 1. The molecule has 5 heteroatoms. The molecule has 0 rings (SSSR count). The van der Waals surface area contributed by atoms with Gasteiger partial charge in [0.1, 0.15) is 0 Å². The fourth-order valence-electron chi connectivity index (χ4n) is 6.80. The average Bonchev–Trinajstić information content (AvgIpc) is 3.15. The highest BCUT2D eigenvalue weighted by Crippen LogP contribution is 2.15. The number of aliphatic hydroxyl groups excluding tert-OH is 3. The smallest absolute Gasteiger partial charge is 0.222 e. The molecule has 310 valence electrons. The first-order chi connectivity index (χ1) is 26.0. The summed E-state index contributed by atoms with van der Waals surface area (Å²) in [5.74, 6) is -0.329. The van der Waals surface area contributed by atoms with Crippen molar-refractivity contribution in [2.75, 3.05) is 6.61 Å². The molecule has 0 bridgehead atoms. The second-order valence-corrected chi connectivity index (χ2v) is 15.6. The third-order valence-electron chi connectivity index (χ3n) is 10.3. The van der Waals surface area contributed by atoms with Crippen molar-refractivity contribution in [1.29, 1.82) is 0 Å². The molecule has 4 N–H and O–H groups in total. The maximum atomic E-state index is 12.4. The molecule has 0 heterocycles. The predicted octanol–water partition coefficient (Wildman–Crippen LogP) is 13.3. The Kier molecular flexibility index (Phi) is 41.7. The monoisotopic (exact) mass is 744 g/mol. The first kappa shape index (κ1) is 51.3. The summed E-state index contributed by atoms with van der Waals surface area (Å²) in [7, 11) is 0. The third-order valence-corrected chi connectivity index (χ3v) is 10.3. The van der Waals surface area contributed by atoms with Crippen molar-refractivity contribution in [2.45, 2.75) is 244 Å². The zero-order valence-corrected chi connectivity index (χ0v) is 35.1. The number of amides is 1. The highest BCUT2D eigenvalue weighted by Gasteiger charge is 2.20. The molecule has 1 amide bonds. The van der Waals surface area contributed by atoms with Crippen LogP contribution < -0.4 is 5.32 Å². The lowest BCUT2D eigenvalue weighted by Crippen LogP contribution is -2.45. The lowest BCUT2D eigenvalue weighted by molar-refractivity contribution is -0.124. The first-order valence-corrected chi connectivity index (χ1v) is 22.9. The minimum atomic E-state index is -0.951. The molecule has 5 nitrogen and oxygen atoms in total. The van der Waals surface area contributed by atoms with Crippen LogP contribution in [0.25, 0.3) is 0 Å². The molecule has 0 aromatic carbocycles. The Morgan fingerprint density at radius 3 is 1.32 bits per heavy atom. The summed E-state index contributed by atoms with van der Waals surface area (Å²) < 4.78 is 0. The van der Waals surface area contributed by atoms with E-state index in [1.165, 1.54) is 161 Å². The van der Waals surface area contributed by atoms with Crippen molar-refractivity contribution < 1.29 is 20.1 Å². The molecule has 53 heavy (non-hydrogen) atoms. The molecular weight excluding hydrogens is 655 g/mol. The van der Waals surface area contributed by atoms with Crippen LogP contribution in [0.15, 0.2) is 48.6 Å². The molecular formula is C48H89NO4. The molecule has 3 atom stereocenters. The second-order valence-electron chi connectivity index (χ2n) is 15.6. The normalized spacial score (nSPS) is 14.0. The Morgan fingerprint density at radius 1 is 0.491 bits per heavy atom. The Morgan fingerprint density at radius 2 is 0.868 bits per heavy atom. The molecule has 0 aromatic heterocycles. The highest BCUT2D eigenvalue weighted by atomic mass is 16.3. The predicted molar refractivity (Wildman–Crippen MR) is 231 cm³/mol. The van der Waals surface area contributed by atoms with Crippen molar-refractivity contribution >= 4 is 5.91 Å². The summed E-state index contributed by atoms with van der Waals surface area (Å²) in [6.07, 6.45) is 55.6. The summed E-state index contributed by atoms with van der Waals surface area (Å²) in [6.45, 7) is 4.17. The number of allylic oxidation sites excluding steroid dienone is 7. The van der Waals surface area contributed by atoms with E-state index in [0.717, 1.165) is 38.5 Å². The van der Waals surface area contributed by atoms with Crippen LogP contribution in [0.2, 0.25) is 0 Å². The van der Waals surface area contributed by atoms with Crippen molar-refractivity contribution in [2.24, 2.45) is 0 Å². The van der Waals surface area contributed by atoms with Gasteiger partial charge in [-0.15, -0.1) is 0 Å². The summed E-state index contributed by atoms with van der Waals surface area (Å²) in [5.41, 5.74) is 0. The number of hydrogen-bond acceptors (Lipinski definition) is 4. The maximum absolute atomic E-state index is 12.4. The van der Waals surface area contributed by atoms with E-state index < -0.39 is 18.2 Å². The molecule has 3 unspecified atom stereocenters. The summed E-state index contributed by atoms with van der Waals surface area (Å²) in [4.78, 5) is 12.4.